The standard InChI is InChI=1S/2C7H14O3.C2H4O/c2*8-4-6-10-7-3-1-2-5-9-7;1-2-3-1/h2*7-8H,1-6H2;1-2H2. The van der Waals surface area contributed by atoms with Gasteiger partial charge in [-0.05, 0) is 38.5 Å². The van der Waals surface area contributed by atoms with Gasteiger partial charge in [-0.2, -0.15) is 0 Å². The predicted molar refractivity (Wildman–Crippen MR) is 84.1 cm³/mol. The Morgan fingerprint density at radius 1 is 0.696 bits per heavy atom. The van der Waals surface area contributed by atoms with Gasteiger partial charge in [0.1, 0.15) is 0 Å². The minimum Gasteiger partial charge on any atom is -0.394 e. The molecule has 138 valence electrons. The molecule has 0 amide bonds. The summed E-state index contributed by atoms with van der Waals surface area (Å²) in [6.07, 6.45) is 6.46. The lowest BCUT2D eigenvalue weighted by atomic mass is 10.2. The molecule has 23 heavy (non-hydrogen) atoms. The average Bonchev–Trinajstić information content (AvgIpc) is 3.50. The molecule has 0 aliphatic carbocycles. The number of epoxide rings is 1. The number of rotatable bonds is 6. The molecule has 0 aromatic heterocycles. The van der Waals surface area contributed by atoms with Crippen molar-refractivity contribution in [2.75, 3.05) is 52.9 Å². The van der Waals surface area contributed by atoms with Gasteiger partial charge in [-0.15, -0.1) is 0 Å². The van der Waals surface area contributed by atoms with Crippen molar-refractivity contribution in [1.29, 1.82) is 0 Å². The molecule has 2 N–H and O–H groups in total. The van der Waals surface area contributed by atoms with Crippen LogP contribution in [-0.2, 0) is 23.7 Å². The van der Waals surface area contributed by atoms with Gasteiger partial charge in [-0.3, -0.25) is 0 Å². The van der Waals surface area contributed by atoms with Gasteiger partial charge < -0.3 is 33.9 Å². The van der Waals surface area contributed by atoms with Crippen LogP contribution in [0, 0.1) is 0 Å². The van der Waals surface area contributed by atoms with Gasteiger partial charge in [0.25, 0.3) is 0 Å². The lowest BCUT2D eigenvalue weighted by Gasteiger charge is -2.22. The number of hydrogen-bond acceptors (Lipinski definition) is 7. The van der Waals surface area contributed by atoms with Crippen LogP contribution in [0.15, 0.2) is 0 Å². The smallest absolute Gasteiger partial charge is 0.157 e. The van der Waals surface area contributed by atoms with Crippen molar-refractivity contribution in [3.8, 4) is 0 Å². The largest absolute Gasteiger partial charge is 0.394 e. The number of aliphatic hydroxyl groups is 2. The molecule has 2 atom stereocenters. The molecule has 3 saturated heterocycles. The lowest BCUT2D eigenvalue weighted by Crippen LogP contribution is -2.23. The molecule has 0 radical (unpaired) electrons. The third kappa shape index (κ3) is 13.8. The highest BCUT2D eigenvalue weighted by molar-refractivity contribution is 4.54. The van der Waals surface area contributed by atoms with Crippen LogP contribution >= 0.6 is 0 Å². The Hall–Kier alpha value is -0.280. The van der Waals surface area contributed by atoms with Gasteiger partial charge in [0, 0.05) is 13.2 Å². The molecule has 3 heterocycles. The summed E-state index contributed by atoms with van der Waals surface area (Å²) in [6.45, 7) is 4.56. The molecule has 2 unspecified atom stereocenters. The molecular formula is C16H32O7. The van der Waals surface area contributed by atoms with E-state index in [0.717, 1.165) is 52.1 Å². The minimum atomic E-state index is -0.0547. The topological polar surface area (TPSA) is 89.9 Å². The molecule has 3 aliphatic rings. The van der Waals surface area contributed by atoms with E-state index in [2.05, 4.69) is 4.74 Å². The van der Waals surface area contributed by atoms with Gasteiger partial charge in [0.15, 0.2) is 12.6 Å². The first-order valence-electron chi connectivity index (χ1n) is 8.62. The normalized spacial score (nSPS) is 26.3. The maximum absolute atomic E-state index is 8.42. The van der Waals surface area contributed by atoms with Crippen LogP contribution in [0.25, 0.3) is 0 Å². The van der Waals surface area contributed by atoms with E-state index < -0.39 is 0 Å². The Morgan fingerprint density at radius 3 is 1.39 bits per heavy atom. The van der Waals surface area contributed by atoms with Crippen LogP contribution in [-0.4, -0.2) is 75.6 Å². The van der Waals surface area contributed by atoms with E-state index in [1.54, 1.807) is 0 Å². The predicted octanol–water partition coefficient (Wildman–Crippen LogP) is 1.06. The Labute approximate surface area is 138 Å². The molecule has 3 rings (SSSR count). The summed E-state index contributed by atoms with van der Waals surface area (Å²) in [5, 5.41) is 16.8. The Balaban J connectivity index is 0.000000194. The fraction of sp³-hybridized carbons (Fsp3) is 1.00. The first-order chi connectivity index (χ1) is 11.4. The fourth-order valence-corrected chi connectivity index (χ4v) is 2.05. The van der Waals surface area contributed by atoms with Gasteiger partial charge in [-0.1, -0.05) is 0 Å². The molecule has 0 saturated carbocycles. The second-order valence-electron chi connectivity index (χ2n) is 5.39. The highest BCUT2D eigenvalue weighted by Gasteiger charge is 2.13. The molecule has 0 aromatic rings. The molecule has 0 spiro atoms. The first-order valence-corrected chi connectivity index (χ1v) is 8.62. The van der Waals surface area contributed by atoms with E-state index >= 15 is 0 Å². The SMILES string of the molecule is C1CO1.OCCOC1CCCCO1.OCCOC1CCCCO1. The third-order valence-electron chi connectivity index (χ3n) is 3.27. The minimum absolute atomic E-state index is 0.0547. The summed E-state index contributed by atoms with van der Waals surface area (Å²) in [4.78, 5) is 0. The molecule has 3 fully saturated rings. The van der Waals surface area contributed by atoms with Gasteiger partial charge in [0.05, 0.1) is 39.6 Å². The lowest BCUT2D eigenvalue weighted by molar-refractivity contribution is -0.166. The van der Waals surface area contributed by atoms with Crippen LogP contribution in [0.4, 0.5) is 0 Å². The van der Waals surface area contributed by atoms with Crippen molar-refractivity contribution in [2.24, 2.45) is 0 Å². The third-order valence-corrected chi connectivity index (χ3v) is 3.27. The average molecular weight is 336 g/mol. The summed E-state index contributed by atoms with van der Waals surface area (Å²) in [6, 6.07) is 0. The number of hydrogen-bond donors (Lipinski definition) is 2. The van der Waals surface area contributed by atoms with Crippen LogP contribution in [0.3, 0.4) is 0 Å². The maximum atomic E-state index is 8.42. The Bertz CT molecular complexity index is 214. The molecule has 3 aliphatic heterocycles. The van der Waals surface area contributed by atoms with E-state index in [1.807, 2.05) is 0 Å². The summed E-state index contributed by atoms with van der Waals surface area (Å²) in [5.74, 6) is 0. The van der Waals surface area contributed by atoms with Crippen LogP contribution < -0.4 is 0 Å². The van der Waals surface area contributed by atoms with E-state index in [1.165, 1.54) is 12.8 Å². The van der Waals surface area contributed by atoms with Gasteiger partial charge in [0.2, 0.25) is 0 Å². The van der Waals surface area contributed by atoms with E-state index in [9.17, 15) is 0 Å². The summed E-state index contributed by atoms with van der Waals surface area (Å²) < 4.78 is 25.3. The van der Waals surface area contributed by atoms with Crippen LogP contribution in [0.2, 0.25) is 0 Å². The molecule has 7 heteroatoms. The quantitative estimate of drug-likeness (QED) is 0.701. The first kappa shape index (κ1) is 20.8. The van der Waals surface area contributed by atoms with Crippen molar-refractivity contribution < 1.29 is 33.9 Å². The van der Waals surface area contributed by atoms with Crippen molar-refractivity contribution in [3.63, 3.8) is 0 Å². The monoisotopic (exact) mass is 336 g/mol. The Morgan fingerprint density at radius 2 is 1.13 bits per heavy atom. The molecule has 7 nitrogen and oxygen atoms in total. The zero-order valence-corrected chi connectivity index (χ0v) is 14.0. The summed E-state index contributed by atoms with van der Waals surface area (Å²) in [5.41, 5.74) is 0. The molecule has 0 bridgehead atoms. The zero-order valence-electron chi connectivity index (χ0n) is 14.0. The number of ether oxygens (including phenoxy) is 5. The van der Waals surface area contributed by atoms with E-state index in [0.29, 0.717) is 13.2 Å². The highest BCUT2D eigenvalue weighted by Crippen LogP contribution is 2.13. The maximum Gasteiger partial charge on any atom is 0.157 e. The number of aliphatic hydroxyl groups excluding tert-OH is 2. The molecular weight excluding hydrogens is 304 g/mol. The Kier molecular flexibility index (Phi) is 13.8. The molecule has 0 aromatic carbocycles. The summed E-state index contributed by atoms with van der Waals surface area (Å²) >= 11 is 0. The van der Waals surface area contributed by atoms with Crippen molar-refractivity contribution in [1.82, 2.24) is 0 Å². The van der Waals surface area contributed by atoms with Crippen molar-refractivity contribution >= 4 is 0 Å². The second-order valence-corrected chi connectivity index (χ2v) is 5.39. The van der Waals surface area contributed by atoms with Crippen LogP contribution in [0.5, 0.6) is 0 Å². The summed E-state index contributed by atoms with van der Waals surface area (Å²) in [7, 11) is 0. The van der Waals surface area contributed by atoms with Crippen molar-refractivity contribution in [2.45, 2.75) is 51.1 Å². The highest BCUT2D eigenvalue weighted by atomic mass is 16.7. The van der Waals surface area contributed by atoms with Gasteiger partial charge >= 0.3 is 0 Å². The zero-order chi connectivity index (χ0) is 16.6. The fourth-order valence-electron chi connectivity index (χ4n) is 2.05. The second kappa shape index (κ2) is 15.3. The van der Waals surface area contributed by atoms with E-state index in [-0.39, 0.29) is 25.8 Å². The van der Waals surface area contributed by atoms with Gasteiger partial charge in [-0.25, -0.2) is 0 Å². The van der Waals surface area contributed by atoms with Crippen LogP contribution in [0.1, 0.15) is 38.5 Å². The van der Waals surface area contributed by atoms with Crippen molar-refractivity contribution in [3.05, 3.63) is 0 Å². The van der Waals surface area contributed by atoms with E-state index in [4.69, 9.17) is 29.2 Å².